The number of nitrogen functional groups attached to an aromatic ring is 1. The molecule has 1 aliphatic rings. The lowest BCUT2D eigenvalue weighted by atomic mass is 10.0. The molecule has 0 aromatic heterocycles. The predicted octanol–water partition coefficient (Wildman–Crippen LogP) is 4.43. The van der Waals surface area contributed by atoms with E-state index in [0.717, 1.165) is 34.4 Å². The van der Waals surface area contributed by atoms with E-state index in [9.17, 15) is 4.79 Å². The van der Waals surface area contributed by atoms with E-state index in [2.05, 4.69) is 22.0 Å². The van der Waals surface area contributed by atoms with Gasteiger partial charge in [-0.15, -0.1) is 11.8 Å². The van der Waals surface area contributed by atoms with Crippen molar-refractivity contribution in [3.63, 3.8) is 0 Å². The predicted molar refractivity (Wildman–Crippen MR) is 93.2 cm³/mol. The smallest absolute Gasteiger partial charge is 0.237 e. The molecule has 2 rings (SSSR count). The molecule has 21 heavy (non-hydrogen) atoms. The van der Waals surface area contributed by atoms with E-state index >= 15 is 0 Å². The zero-order valence-corrected chi connectivity index (χ0v) is 14.7. The number of allylic oxidation sites excluding steroid dienone is 2. The van der Waals surface area contributed by atoms with Crippen LogP contribution in [0.4, 0.5) is 5.69 Å². The van der Waals surface area contributed by atoms with Crippen LogP contribution < -0.4 is 5.73 Å². The Balaban J connectivity index is 1.97. The van der Waals surface area contributed by atoms with Gasteiger partial charge in [0, 0.05) is 27.3 Å². The molecule has 114 valence electrons. The fourth-order valence-corrected chi connectivity index (χ4v) is 3.99. The number of nitrogens with two attached hydrogens (primary N) is 1. The highest BCUT2D eigenvalue weighted by Gasteiger charge is 2.18. The third-order valence-electron chi connectivity index (χ3n) is 3.54. The molecule has 0 heterocycles. The standard InChI is InChI=1S/C16H21BrN2OS/c1-2-19(13-6-4-3-5-7-13)16(20)11-21-15-9-8-12(18)10-14(15)17/h6,8-10H,2-5,7,11,18H2,1H3. The van der Waals surface area contributed by atoms with E-state index in [0.29, 0.717) is 5.75 Å². The summed E-state index contributed by atoms with van der Waals surface area (Å²) in [7, 11) is 0. The van der Waals surface area contributed by atoms with E-state index in [1.807, 2.05) is 30.0 Å². The van der Waals surface area contributed by atoms with Crippen LogP contribution in [0.5, 0.6) is 0 Å². The van der Waals surface area contributed by atoms with Crippen LogP contribution in [0.2, 0.25) is 0 Å². The normalized spacial score (nSPS) is 14.7. The molecule has 0 unspecified atom stereocenters. The Morgan fingerprint density at radius 2 is 2.24 bits per heavy atom. The van der Waals surface area contributed by atoms with Crippen molar-refractivity contribution < 1.29 is 4.79 Å². The molecule has 0 atom stereocenters. The maximum Gasteiger partial charge on any atom is 0.237 e. The minimum atomic E-state index is 0.180. The van der Waals surface area contributed by atoms with Crippen molar-refractivity contribution in [1.82, 2.24) is 4.90 Å². The number of carbonyl (C=O) groups excluding carboxylic acids is 1. The summed E-state index contributed by atoms with van der Waals surface area (Å²) in [4.78, 5) is 15.4. The fourth-order valence-electron chi connectivity index (χ4n) is 2.46. The lowest BCUT2D eigenvalue weighted by molar-refractivity contribution is -0.126. The van der Waals surface area contributed by atoms with Gasteiger partial charge in [0.2, 0.25) is 5.91 Å². The molecule has 5 heteroatoms. The number of hydrogen-bond acceptors (Lipinski definition) is 3. The van der Waals surface area contributed by atoms with Gasteiger partial charge in [-0.25, -0.2) is 0 Å². The molecule has 1 aromatic carbocycles. The minimum Gasteiger partial charge on any atom is -0.399 e. The summed E-state index contributed by atoms with van der Waals surface area (Å²) in [5.74, 6) is 0.632. The third-order valence-corrected chi connectivity index (χ3v) is 5.51. The quantitative estimate of drug-likeness (QED) is 0.617. The molecule has 2 N–H and O–H groups in total. The number of thioether (sulfide) groups is 1. The Hall–Kier alpha value is -0.940. The number of hydrogen-bond donors (Lipinski definition) is 1. The Bertz CT molecular complexity index is 545. The van der Waals surface area contributed by atoms with E-state index in [-0.39, 0.29) is 5.91 Å². The van der Waals surface area contributed by atoms with Crippen LogP contribution in [-0.4, -0.2) is 23.1 Å². The topological polar surface area (TPSA) is 46.3 Å². The molecule has 0 radical (unpaired) electrons. The molecule has 0 spiro atoms. The summed E-state index contributed by atoms with van der Waals surface area (Å²) in [6, 6.07) is 5.68. The van der Waals surface area contributed by atoms with Gasteiger partial charge >= 0.3 is 0 Å². The lowest BCUT2D eigenvalue weighted by Gasteiger charge is -2.26. The van der Waals surface area contributed by atoms with E-state index in [1.54, 1.807) is 11.8 Å². The molecular weight excluding hydrogens is 348 g/mol. The monoisotopic (exact) mass is 368 g/mol. The van der Waals surface area contributed by atoms with Gasteiger partial charge in [0.1, 0.15) is 0 Å². The van der Waals surface area contributed by atoms with Crippen LogP contribution in [-0.2, 0) is 4.79 Å². The van der Waals surface area contributed by atoms with Gasteiger partial charge in [0.05, 0.1) is 5.75 Å². The van der Waals surface area contributed by atoms with Crippen LogP contribution in [0, 0.1) is 0 Å². The first-order valence-electron chi connectivity index (χ1n) is 7.29. The SMILES string of the molecule is CCN(C(=O)CSc1ccc(N)cc1Br)C1=CCCCC1. The Morgan fingerprint density at radius 3 is 2.86 bits per heavy atom. The number of benzene rings is 1. The van der Waals surface area contributed by atoms with Gasteiger partial charge in [-0.05, 0) is 66.7 Å². The van der Waals surface area contributed by atoms with Crippen LogP contribution >= 0.6 is 27.7 Å². The van der Waals surface area contributed by atoms with Gasteiger partial charge in [-0.3, -0.25) is 4.79 Å². The molecule has 1 aromatic rings. The summed E-state index contributed by atoms with van der Waals surface area (Å²) in [6.45, 7) is 2.78. The number of nitrogens with zero attached hydrogens (tertiary/aromatic N) is 1. The first-order chi connectivity index (χ1) is 10.1. The van der Waals surface area contributed by atoms with Crippen molar-refractivity contribution in [3.05, 3.63) is 34.4 Å². The van der Waals surface area contributed by atoms with Gasteiger partial charge in [-0.2, -0.15) is 0 Å². The van der Waals surface area contributed by atoms with Crippen LogP contribution in [0.15, 0.2) is 39.3 Å². The van der Waals surface area contributed by atoms with Gasteiger partial charge in [0.15, 0.2) is 0 Å². The highest BCUT2D eigenvalue weighted by Crippen LogP contribution is 2.30. The molecule has 0 aliphatic heterocycles. The van der Waals surface area contributed by atoms with E-state index in [4.69, 9.17) is 5.73 Å². The zero-order chi connectivity index (χ0) is 15.2. The molecule has 3 nitrogen and oxygen atoms in total. The second-order valence-corrected chi connectivity index (χ2v) is 6.93. The number of amides is 1. The average Bonchev–Trinajstić information content (AvgIpc) is 2.48. The Labute approximate surface area is 139 Å². The van der Waals surface area contributed by atoms with Crippen molar-refractivity contribution in [3.8, 4) is 0 Å². The first kappa shape index (κ1) is 16.4. The molecule has 1 aliphatic carbocycles. The summed E-state index contributed by atoms with van der Waals surface area (Å²) < 4.78 is 0.945. The van der Waals surface area contributed by atoms with Gasteiger partial charge < -0.3 is 10.6 Å². The van der Waals surface area contributed by atoms with E-state index < -0.39 is 0 Å². The van der Waals surface area contributed by atoms with Crippen molar-refractivity contribution in [1.29, 1.82) is 0 Å². The number of carbonyl (C=O) groups is 1. The minimum absolute atomic E-state index is 0.180. The summed E-state index contributed by atoms with van der Waals surface area (Å²) in [5, 5.41) is 0. The van der Waals surface area contributed by atoms with Crippen molar-refractivity contribution in [2.24, 2.45) is 0 Å². The van der Waals surface area contributed by atoms with Crippen LogP contribution in [0.1, 0.15) is 32.6 Å². The number of anilines is 1. The van der Waals surface area contributed by atoms with Gasteiger partial charge in [0.25, 0.3) is 0 Å². The molecular formula is C16H21BrN2OS. The van der Waals surface area contributed by atoms with Crippen LogP contribution in [0.3, 0.4) is 0 Å². The summed E-state index contributed by atoms with van der Waals surface area (Å²) in [6.07, 6.45) is 6.76. The van der Waals surface area contributed by atoms with Crippen molar-refractivity contribution in [2.45, 2.75) is 37.5 Å². The molecule has 0 bridgehead atoms. The maximum atomic E-state index is 12.4. The largest absolute Gasteiger partial charge is 0.399 e. The summed E-state index contributed by atoms with van der Waals surface area (Å²) >= 11 is 5.04. The van der Waals surface area contributed by atoms with Crippen molar-refractivity contribution >= 4 is 39.3 Å². The molecule has 0 saturated heterocycles. The van der Waals surface area contributed by atoms with Crippen molar-refractivity contribution in [2.75, 3.05) is 18.0 Å². The lowest BCUT2D eigenvalue weighted by Crippen LogP contribution is -2.32. The molecule has 0 saturated carbocycles. The van der Waals surface area contributed by atoms with E-state index in [1.165, 1.54) is 18.5 Å². The first-order valence-corrected chi connectivity index (χ1v) is 9.07. The zero-order valence-electron chi connectivity index (χ0n) is 12.3. The number of halogens is 1. The Kier molecular flexibility index (Phi) is 6.18. The molecule has 0 fully saturated rings. The highest BCUT2D eigenvalue weighted by molar-refractivity contribution is 9.10. The third kappa shape index (κ3) is 4.51. The number of rotatable bonds is 5. The van der Waals surface area contributed by atoms with Crippen LogP contribution in [0.25, 0.3) is 0 Å². The average molecular weight is 369 g/mol. The highest BCUT2D eigenvalue weighted by atomic mass is 79.9. The second kappa shape index (κ2) is 7.90. The maximum absolute atomic E-state index is 12.4. The molecule has 1 amide bonds. The fraction of sp³-hybridized carbons (Fsp3) is 0.438. The van der Waals surface area contributed by atoms with Gasteiger partial charge in [-0.1, -0.05) is 6.08 Å². The summed E-state index contributed by atoms with van der Waals surface area (Å²) in [5.41, 5.74) is 7.65. The Morgan fingerprint density at radius 1 is 1.43 bits per heavy atom. The second-order valence-electron chi connectivity index (χ2n) is 5.06.